The van der Waals surface area contributed by atoms with Crippen molar-refractivity contribution in [3.63, 3.8) is 0 Å². The van der Waals surface area contributed by atoms with E-state index >= 15 is 0 Å². The summed E-state index contributed by atoms with van der Waals surface area (Å²) in [5.74, 6) is -0.614. The van der Waals surface area contributed by atoms with Crippen LogP contribution in [0.1, 0.15) is 16.7 Å². The third-order valence-corrected chi connectivity index (χ3v) is 3.15. The Bertz CT molecular complexity index is 778. The molecule has 0 bridgehead atoms. The van der Waals surface area contributed by atoms with Crippen LogP contribution in [0.25, 0.3) is 6.08 Å². The molecule has 0 aliphatic carbocycles. The molecule has 2 aromatic rings. The van der Waals surface area contributed by atoms with E-state index in [9.17, 15) is 9.18 Å². The highest BCUT2D eigenvalue weighted by molar-refractivity contribution is 6.13. The Hall–Kier alpha value is -2.75. The van der Waals surface area contributed by atoms with Crippen LogP contribution < -0.4 is 0 Å². The molecule has 0 N–H and O–H groups in total. The SMILES string of the molecule is Cc1ccccc1C1=N/C(=C\c2cccc(F)c2)C(=O)O1. The largest absolute Gasteiger partial charge is 0.402 e. The lowest BCUT2D eigenvalue weighted by molar-refractivity contribution is -0.129. The molecule has 0 aromatic heterocycles. The van der Waals surface area contributed by atoms with Crippen LogP contribution in [-0.2, 0) is 9.53 Å². The second kappa shape index (κ2) is 5.32. The maximum atomic E-state index is 13.2. The highest BCUT2D eigenvalue weighted by Crippen LogP contribution is 2.21. The lowest BCUT2D eigenvalue weighted by Crippen LogP contribution is -2.06. The Labute approximate surface area is 121 Å². The molecule has 0 radical (unpaired) electrons. The van der Waals surface area contributed by atoms with Crippen LogP contribution >= 0.6 is 0 Å². The van der Waals surface area contributed by atoms with Crippen LogP contribution in [0, 0.1) is 12.7 Å². The minimum atomic E-state index is -0.530. The zero-order chi connectivity index (χ0) is 14.8. The third kappa shape index (κ3) is 2.74. The predicted molar refractivity (Wildman–Crippen MR) is 78.2 cm³/mol. The minimum Gasteiger partial charge on any atom is -0.402 e. The van der Waals surface area contributed by atoms with E-state index in [1.807, 2.05) is 31.2 Å². The van der Waals surface area contributed by atoms with E-state index in [1.54, 1.807) is 12.1 Å². The van der Waals surface area contributed by atoms with Crippen molar-refractivity contribution in [2.75, 3.05) is 0 Å². The van der Waals surface area contributed by atoms with Crippen LogP contribution in [0.2, 0.25) is 0 Å². The molecule has 3 rings (SSSR count). The van der Waals surface area contributed by atoms with Crippen LogP contribution in [0.3, 0.4) is 0 Å². The summed E-state index contributed by atoms with van der Waals surface area (Å²) >= 11 is 0. The number of benzene rings is 2. The van der Waals surface area contributed by atoms with Gasteiger partial charge < -0.3 is 4.74 Å². The first-order valence-electron chi connectivity index (χ1n) is 6.47. The Morgan fingerprint density at radius 2 is 1.95 bits per heavy atom. The van der Waals surface area contributed by atoms with Gasteiger partial charge in [-0.15, -0.1) is 0 Å². The number of aliphatic imine (C=N–C) groups is 1. The fraction of sp³-hybridized carbons (Fsp3) is 0.0588. The van der Waals surface area contributed by atoms with Crippen LogP contribution in [0.15, 0.2) is 59.2 Å². The standard InChI is InChI=1S/C17H12FNO2/c1-11-5-2-3-8-14(11)16-19-15(17(20)21-16)10-12-6-4-7-13(18)9-12/h2-10H,1H3/b15-10-. The number of carbonyl (C=O) groups excluding carboxylic acids is 1. The summed E-state index contributed by atoms with van der Waals surface area (Å²) in [6.45, 7) is 1.92. The summed E-state index contributed by atoms with van der Waals surface area (Å²) in [7, 11) is 0. The minimum absolute atomic E-state index is 0.166. The number of hydrogen-bond acceptors (Lipinski definition) is 3. The van der Waals surface area contributed by atoms with Crippen molar-refractivity contribution in [3.05, 3.63) is 76.7 Å². The van der Waals surface area contributed by atoms with Gasteiger partial charge in [-0.1, -0.05) is 30.3 Å². The van der Waals surface area contributed by atoms with Crippen molar-refractivity contribution in [1.29, 1.82) is 0 Å². The maximum absolute atomic E-state index is 13.2. The van der Waals surface area contributed by atoms with E-state index in [1.165, 1.54) is 18.2 Å². The van der Waals surface area contributed by atoms with Gasteiger partial charge in [0.15, 0.2) is 5.70 Å². The monoisotopic (exact) mass is 281 g/mol. The highest BCUT2D eigenvalue weighted by atomic mass is 19.1. The Morgan fingerprint density at radius 3 is 2.71 bits per heavy atom. The molecule has 0 spiro atoms. The molecule has 0 fully saturated rings. The molecule has 1 aliphatic heterocycles. The van der Waals surface area contributed by atoms with Crippen molar-refractivity contribution in [2.45, 2.75) is 6.92 Å². The Balaban J connectivity index is 1.98. The number of carbonyl (C=O) groups is 1. The highest BCUT2D eigenvalue weighted by Gasteiger charge is 2.24. The normalized spacial score (nSPS) is 16.0. The van der Waals surface area contributed by atoms with Gasteiger partial charge in [0.25, 0.3) is 0 Å². The summed E-state index contributed by atoms with van der Waals surface area (Å²) < 4.78 is 18.3. The molecule has 0 saturated heterocycles. The molecular weight excluding hydrogens is 269 g/mol. The van der Waals surface area contributed by atoms with E-state index < -0.39 is 5.97 Å². The molecule has 104 valence electrons. The molecule has 0 saturated carbocycles. The quantitative estimate of drug-likeness (QED) is 0.624. The number of hydrogen-bond donors (Lipinski definition) is 0. The fourth-order valence-electron chi connectivity index (χ4n) is 2.09. The van der Waals surface area contributed by atoms with Gasteiger partial charge in [-0.2, -0.15) is 0 Å². The maximum Gasteiger partial charge on any atom is 0.363 e. The van der Waals surface area contributed by atoms with Gasteiger partial charge in [-0.25, -0.2) is 14.2 Å². The van der Waals surface area contributed by atoms with E-state index in [0.717, 1.165) is 11.1 Å². The summed E-state index contributed by atoms with van der Waals surface area (Å²) in [6, 6.07) is 13.5. The lowest BCUT2D eigenvalue weighted by Gasteiger charge is -2.02. The molecular formula is C17H12FNO2. The molecule has 0 atom stereocenters. The van der Waals surface area contributed by atoms with Gasteiger partial charge in [0.1, 0.15) is 5.82 Å². The molecule has 0 amide bonds. The summed E-state index contributed by atoms with van der Waals surface area (Å²) in [5, 5.41) is 0. The summed E-state index contributed by atoms with van der Waals surface area (Å²) in [5.41, 5.74) is 2.47. The smallest absolute Gasteiger partial charge is 0.363 e. The second-order valence-electron chi connectivity index (χ2n) is 4.71. The zero-order valence-corrected chi connectivity index (χ0v) is 11.3. The van der Waals surface area contributed by atoms with E-state index in [-0.39, 0.29) is 17.4 Å². The molecule has 1 heterocycles. The average molecular weight is 281 g/mol. The Kier molecular flexibility index (Phi) is 3.36. The predicted octanol–water partition coefficient (Wildman–Crippen LogP) is 3.48. The van der Waals surface area contributed by atoms with Crippen molar-refractivity contribution < 1.29 is 13.9 Å². The summed E-state index contributed by atoms with van der Waals surface area (Å²) in [4.78, 5) is 16.1. The van der Waals surface area contributed by atoms with E-state index in [4.69, 9.17) is 4.74 Å². The third-order valence-electron chi connectivity index (χ3n) is 3.15. The zero-order valence-electron chi connectivity index (χ0n) is 11.3. The van der Waals surface area contributed by atoms with Gasteiger partial charge in [0, 0.05) is 5.56 Å². The first kappa shape index (κ1) is 13.2. The average Bonchev–Trinajstić information content (AvgIpc) is 2.80. The lowest BCUT2D eigenvalue weighted by atomic mass is 10.1. The van der Waals surface area contributed by atoms with Crippen molar-refractivity contribution in [1.82, 2.24) is 0 Å². The molecule has 2 aromatic carbocycles. The summed E-state index contributed by atoms with van der Waals surface area (Å²) in [6.07, 6.45) is 1.51. The number of nitrogens with zero attached hydrogens (tertiary/aromatic N) is 1. The fourth-order valence-corrected chi connectivity index (χ4v) is 2.09. The Morgan fingerprint density at radius 1 is 1.14 bits per heavy atom. The number of ether oxygens (including phenoxy) is 1. The number of esters is 1. The molecule has 3 nitrogen and oxygen atoms in total. The number of halogens is 1. The van der Waals surface area contributed by atoms with Gasteiger partial charge >= 0.3 is 5.97 Å². The van der Waals surface area contributed by atoms with Gasteiger partial charge in [-0.05, 0) is 42.3 Å². The van der Waals surface area contributed by atoms with Crippen LogP contribution in [0.4, 0.5) is 4.39 Å². The van der Waals surface area contributed by atoms with Crippen molar-refractivity contribution >= 4 is 17.9 Å². The number of rotatable bonds is 2. The molecule has 4 heteroatoms. The van der Waals surface area contributed by atoms with E-state index in [2.05, 4.69) is 4.99 Å². The second-order valence-corrected chi connectivity index (χ2v) is 4.71. The first-order chi connectivity index (χ1) is 10.1. The number of aryl methyl sites for hydroxylation is 1. The van der Waals surface area contributed by atoms with Gasteiger partial charge in [0.05, 0.1) is 0 Å². The van der Waals surface area contributed by atoms with Crippen molar-refractivity contribution in [2.24, 2.45) is 4.99 Å². The topological polar surface area (TPSA) is 38.7 Å². The first-order valence-corrected chi connectivity index (χ1v) is 6.47. The van der Waals surface area contributed by atoms with Crippen LogP contribution in [-0.4, -0.2) is 11.9 Å². The van der Waals surface area contributed by atoms with Crippen LogP contribution in [0.5, 0.6) is 0 Å². The molecule has 0 unspecified atom stereocenters. The molecule has 21 heavy (non-hydrogen) atoms. The van der Waals surface area contributed by atoms with Gasteiger partial charge in [0.2, 0.25) is 5.90 Å². The van der Waals surface area contributed by atoms with E-state index in [0.29, 0.717) is 5.56 Å². The van der Waals surface area contributed by atoms with Gasteiger partial charge in [-0.3, -0.25) is 0 Å². The van der Waals surface area contributed by atoms with Crippen molar-refractivity contribution in [3.8, 4) is 0 Å². The number of cyclic esters (lactones) is 1. The molecule has 1 aliphatic rings.